The summed E-state index contributed by atoms with van der Waals surface area (Å²) in [6, 6.07) is 42.9. The topological polar surface area (TPSA) is 111 Å². The van der Waals surface area contributed by atoms with Crippen LogP contribution in [0.3, 0.4) is 0 Å². The highest BCUT2D eigenvalue weighted by atomic mass is 32.2. The van der Waals surface area contributed by atoms with E-state index in [1.54, 1.807) is 63.2 Å². The van der Waals surface area contributed by atoms with Crippen molar-refractivity contribution in [1.29, 1.82) is 0 Å². The number of ketones is 1. The number of benzene rings is 5. The molecule has 1 atom stereocenters. The van der Waals surface area contributed by atoms with Gasteiger partial charge in [-0.2, -0.15) is 0 Å². The summed E-state index contributed by atoms with van der Waals surface area (Å²) >= 11 is 1.54. The summed E-state index contributed by atoms with van der Waals surface area (Å²) in [7, 11) is 0. The zero-order chi connectivity index (χ0) is 34.1. The Balaban J connectivity index is 1.50. The van der Waals surface area contributed by atoms with Crippen molar-refractivity contribution in [3.63, 3.8) is 0 Å². The molecule has 0 unspecified atom stereocenters. The molecule has 0 saturated carbocycles. The van der Waals surface area contributed by atoms with E-state index in [1.165, 1.54) is 11.8 Å². The van der Waals surface area contributed by atoms with E-state index in [2.05, 4.69) is 47.0 Å². The number of nitrogens with two attached hydrogens (primary N) is 1. The van der Waals surface area contributed by atoms with E-state index in [0.717, 1.165) is 16.7 Å². The standard InChI is InChI=1S/C40H39N3O4S/c1-39(2,3)47-38(46)43-35(37(45)42-32-24-25-34(41)33(26-32)36(44)28-16-8-4-9-17-28)27-48-40(29-18-10-5-11-19-29,30-20-12-6-13-21-30)31-22-14-7-15-23-31/h4-26,35H,27,41H2,1-3H3,(H,42,45)(H,43,46)/t35-/m0/s1. The lowest BCUT2D eigenvalue weighted by molar-refractivity contribution is -0.117. The van der Waals surface area contributed by atoms with E-state index >= 15 is 0 Å². The Morgan fingerprint density at radius 1 is 0.708 bits per heavy atom. The number of nitrogens with one attached hydrogen (secondary N) is 2. The van der Waals surface area contributed by atoms with Crippen molar-refractivity contribution in [1.82, 2.24) is 5.32 Å². The molecule has 8 heteroatoms. The third-order valence-corrected chi connectivity index (χ3v) is 9.26. The summed E-state index contributed by atoms with van der Waals surface area (Å²) in [6.45, 7) is 5.30. The lowest BCUT2D eigenvalue weighted by atomic mass is 9.84. The smallest absolute Gasteiger partial charge is 0.408 e. The Hall–Kier alpha value is -5.34. The fourth-order valence-corrected chi connectivity index (χ4v) is 6.97. The molecule has 0 bridgehead atoms. The van der Waals surface area contributed by atoms with Crippen LogP contribution in [0.2, 0.25) is 0 Å². The van der Waals surface area contributed by atoms with E-state index in [0.29, 0.717) is 16.9 Å². The highest BCUT2D eigenvalue weighted by molar-refractivity contribution is 8.00. The Morgan fingerprint density at radius 3 is 1.67 bits per heavy atom. The number of thioether (sulfide) groups is 1. The second-order valence-corrected chi connectivity index (χ2v) is 13.5. The van der Waals surface area contributed by atoms with Crippen molar-refractivity contribution in [2.24, 2.45) is 0 Å². The van der Waals surface area contributed by atoms with Crippen molar-refractivity contribution in [3.05, 3.63) is 167 Å². The number of hydrogen-bond acceptors (Lipinski definition) is 6. The van der Waals surface area contributed by atoms with Gasteiger partial charge >= 0.3 is 6.09 Å². The maximum Gasteiger partial charge on any atom is 0.408 e. The second-order valence-electron chi connectivity index (χ2n) is 12.3. The van der Waals surface area contributed by atoms with Crippen LogP contribution >= 0.6 is 11.8 Å². The molecule has 0 heterocycles. The number of rotatable bonds is 11. The second kappa shape index (κ2) is 15.0. The lowest BCUT2D eigenvalue weighted by Crippen LogP contribution is -2.48. The minimum absolute atomic E-state index is 0.175. The van der Waals surface area contributed by atoms with Crippen molar-refractivity contribution >= 4 is 40.9 Å². The van der Waals surface area contributed by atoms with Gasteiger partial charge in [-0.15, -0.1) is 11.8 Å². The first-order valence-corrected chi connectivity index (χ1v) is 16.7. The number of anilines is 2. The highest BCUT2D eigenvalue weighted by Crippen LogP contribution is 2.48. The largest absolute Gasteiger partial charge is 0.444 e. The van der Waals surface area contributed by atoms with Crippen LogP contribution in [-0.2, 0) is 14.3 Å². The number of alkyl carbamates (subject to hydrolysis) is 1. The molecule has 0 radical (unpaired) electrons. The van der Waals surface area contributed by atoms with E-state index in [-0.39, 0.29) is 17.1 Å². The van der Waals surface area contributed by atoms with Gasteiger partial charge in [-0.05, 0) is 55.7 Å². The van der Waals surface area contributed by atoms with Crippen molar-refractivity contribution < 1.29 is 19.1 Å². The Morgan fingerprint density at radius 2 is 1.19 bits per heavy atom. The van der Waals surface area contributed by atoms with E-state index < -0.39 is 28.4 Å². The molecule has 0 spiro atoms. The fourth-order valence-electron chi connectivity index (χ4n) is 5.41. The van der Waals surface area contributed by atoms with Crippen LogP contribution in [0.15, 0.2) is 140 Å². The van der Waals surface area contributed by atoms with Gasteiger partial charge in [0, 0.05) is 28.3 Å². The van der Waals surface area contributed by atoms with Gasteiger partial charge in [0.05, 0.1) is 4.75 Å². The Bertz CT molecular complexity index is 1750. The molecule has 0 aliphatic heterocycles. The van der Waals surface area contributed by atoms with Gasteiger partial charge in [-0.1, -0.05) is 121 Å². The predicted octanol–water partition coefficient (Wildman–Crippen LogP) is 8.06. The average Bonchev–Trinajstić information content (AvgIpc) is 3.09. The average molecular weight is 658 g/mol. The molecule has 244 valence electrons. The van der Waals surface area contributed by atoms with E-state index in [1.807, 2.05) is 60.7 Å². The molecule has 5 aromatic carbocycles. The molecule has 5 aromatic rings. The Labute approximate surface area is 285 Å². The SMILES string of the molecule is CC(C)(C)OC(=O)N[C@@H](CSC(c1ccccc1)(c1ccccc1)c1ccccc1)C(=O)Nc1ccc(N)c(C(=O)c2ccccc2)c1. The quantitative estimate of drug-likeness (QED) is 0.0753. The van der Waals surface area contributed by atoms with Crippen LogP contribution < -0.4 is 16.4 Å². The number of amides is 2. The zero-order valence-corrected chi connectivity index (χ0v) is 28.0. The van der Waals surface area contributed by atoms with Crippen LogP contribution in [0.4, 0.5) is 16.2 Å². The summed E-state index contributed by atoms with van der Waals surface area (Å²) in [6.07, 6.45) is -0.717. The summed E-state index contributed by atoms with van der Waals surface area (Å²) in [5, 5.41) is 5.72. The molecule has 5 rings (SSSR count). The van der Waals surface area contributed by atoms with Crippen LogP contribution in [0, 0.1) is 0 Å². The van der Waals surface area contributed by atoms with Crippen molar-refractivity contribution in [2.45, 2.75) is 37.2 Å². The molecule has 2 amide bonds. The molecular weight excluding hydrogens is 619 g/mol. The molecule has 0 fully saturated rings. The number of ether oxygens (including phenoxy) is 1. The van der Waals surface area contributed by atoms with Gasteiger partial charge in [-0.3, -0.25) is 9.59 Å². The molecule has 4 N–H and O–H groups in total. The molecule has 0 aromatic heterocycles. The number of nitrogen functional groups attached to an aromatic ring is 1. The minimum atomic E-state index is -1.02. The van der Waals surface area contributed by atoms with Crippen LogP contribution in [-0.4, -0.2) is 35.2 Å². The fraction of sp³-hybridized carbons (Fsp3) is 0.175. The molecule has 7 nitrogen and oxygen atoms in total. The molecule has 0 aliphatic rings. The molecule has 0 aliphatic carbocycles. The summed E-state index contributed by atoms with van der Waals surface area (Å²) in [5.74, 6) is -0.560. The van der Waals surface area contributed by atoms with E-state index in [4.69, 9.17) is 10.5 Å². The molecule has 0 saturated heterocycles. The van der Waals surface area contributed by atoms with Crippen molar-refractivity contribution in [3.8, 4) is 0 Å². The molecular formula is C40H39N3O4S. The van der Waals surface area contributed by atoms with Gasteiger partial charge in [0.15, 0.2) is 5.78 Å². The van der Waals surface area contributed by atoms with Crippen LogP contribution in [0.5, 0.6) is 0 Å². The van der Waals surface area contributed by atoms with E-state index in [9.17, 15) is 14.4 Å². The normalized spacial score (nSPS) is 12.1. The van der Waals surface area contributed by atoms with Gasteiger partial charge in [0.25, 0.3) is 0 Å². The zero-order valence-electron chi connectivity index (χ0n) is 27.2. The Kier molecular flexibility index (Phi) is 10.7. The number of carbonyl (C=O) groups is 3. The first kappa shape index (κ1) is 34.0. The summed E-state index contributed by atoms with van der Waals surface area (Å²) in [4.78, 5) is 40.5. The van der Waals surface area contributed by atoms with Gasteiger partial charge in [0.1, 0.15) is 11.6 Å². The number of carbonyl (C=O) groups excluding carboxylic acids is 3. The maximum absolute atomic E-state index is 14.1. The van der Waals surface area contributed by atoms with Crippen LogP contribution in [0.1, 0.15) is 53.4 Å². The first-order valence-electron chi connectivity index (χ1n) is 15.7. The minimum Gasteiger partial charge on any atom is -0.444 e. The van der Waals surface area contributed by atoms with Crippen molar-refractivity contribution in [2.75, 3.05) is 16.8 Å². The maximum atomic E-state index is 14.1. The highest BCUT2D eigenvalue weighted by Gasteiger charge is 2.39. The summed E-state index contributed by atoms with van der Waals surface area (Å²) in [5.41, 5.74) is 9.89. The first-order chi connectivity index (χ1) is 23.1. The van der Waals surface area contributed by atoms with Crippen LogP contribution in [0.25, 0.3) is 0 Å². The third-order valence-electron chi connectivity index (χ3n) is 7.62. The predicted molar refractivity (Wildman–Crippen MR) is 194 cm³/mol. The number of hydrogen-bond donors (Lipinski definition) is 3. The lowest BCUT2D eigenvalue weighted by Gasteiger charge is -2.36. The van der Waals surface area contributed by atoms with Gasteiger partial charge in [0.2, 0.25) is 5.91 Å². The monoisotopic (exact) mass is 657 g/mol. The molecule has 48 heavy (non-hydrogen) atoms. The van der Waals surface area contributed by atoms with Gasteiger partial charge < -0.3 is 21.1 Å². The van der Waals surface area contributed by atoms with Gasteiger partial charge in [-0.25, -0.2) is 4.79 Å². The third kappa shape index (κ3) is 8.14. The summed E-state index contributed by atoms with van der Waals surface area (Å²) < 4.78 is 4.84.